The van der Waals surface area contributed by atoms with Crippen molar-refractivity contribution in [1.82, 2.24) is 4.98 Å². The van der Waals surface area contributed by atoms with Crippen molar-refractivity contribution in [3.63, 3.8) is 0 Å². The average molecular weight is 260 g/mol. The van der Waals surface area contributed by atoms with Crippen LogP contribution in [0, 0.1) is 6.92 Å². The molecule has 18 heavy (non-hydrogen) atoms. The summed E-state index contributed by atoms with van der Waals surface area (Å²) in [7, 11) is 0. The molecule has 0 saturated heterocycles. The fourth-order valence-corrected chi connectivity index (χ4v) is 2.30. The van der Waals surface area contributed by atoms with Crippen LogP contribution in [0.2, 0.25) is 5.02 Å². The minimum Gasteiger partial charge on any atom is -0.469 e. The highest BCUT2D eigenvalue weighted by Crippen LogP contribution is 2.27. The second kappa shape index (κ2) is 4.03. The fourth-order valence-electron chi connectivity index (χ4n) is 2.07. The van der Waals surface area contributed by atoms with Crippen LogP contribution in [0.25, 0.3) is 10.9 Å². The molecule has 0 bridgehead atoms. The zero-order valence-electron chi connectivity index (χ0n) is 9.66. The van der Waals surface area contributed by atoms with Crippen LogP contribution in [0.3, 0.4) is 0 Å². The molecule has 0 aliphatic rings. The maximum atomic E-state index is 12.4. The van der Waals surface area contributed by atoms with Gasteiger partial charge < -0.3 is 9.40 Å². The number of aromatic nitrogens is 1. The molecule has 0 radical (unpaired) electrons. The largest absolute Gasteiger partial charge is 0.469 e. The molecule has 4 heteroatoms. The molecule has 0 atom stereocenters. The minimum atomic E-state index is -0.0604. The lowest BCUT2D eigenvalue weighted by atomic mass is 10.0. The topological polar surface area (TPSA) is 46.0 Å². The van der Waals surface area contributed by atoms with Gasteiger partial charge in [-0.15, -0.1) is 0 Å². The summed E-state index contributed by atoms with van der Waals surface area (Å²) in [5.74, 6) is 0.561. The van der Waals surface area contributed by atoms with Gasteiger partial charge in [-0.2, -0.15) is 0 Å². The second-order valence-electron chi connectivity index (χ2n) is 4.08. The number of halogens is 1. The van der Waals surface area contributed by atoms with Crippen LogP contribution >= 0.6 is 11.6 Å². The molecule has 0 amide bonds. The zero-order valence-corrected chi connectivity index (χ0v) is 10.4. The third kappa shape index (κ3) is 1.56. The molecule has 3 aromatic rings. The third-order valence-electron chi connectivity index (χ3n) is 3.01. The van der Waals surface area contributed by atoms with Gasteiger partial charge in [0.25, 0.3) is 0 Å². The van der Waals surface area contributed by atoms with Crippen molar-refractivity contribution >= 4 is 28.3 Å². The fraction of sp³-hybridized carbons (Fsp3) is 0.0714. The van der Waals surface area contributed by atoms with Crippen LogP contribution < -0.4 is 0 Å². The summed E-state index contributed by atoms with van der Waals surface area (Å²) < 4.78 is 5.16. The van der Waals surface area contributed by atoms with Gasteiger partial charge in [0.15, 0.2) is 5.78 Å². The van der Waals surface area contributed by atoms with Gasteiger partial charge in [0.2, 0.25) is 0 Å². The molecule has 0 spiro atoms. The Morgan fingerprint density at radius 1 is 1.28 bits per heavy atom. The molecule has 0 aliphatic heterocycles. The van der Waals surface area contributed by atoms with Crippen molar-refractivity contribution in [2.24, 2.45) is 0 Å². The van der Waals surface area contributed by atoms with E-state index in [0.717, 1.165) is 10.9 Å². The Morgan fingerprint density at radius 3 is 2.83 bits per heavy atom. The first-order chi connectivity index (χ1) is 8.68. The molecule has 90 valence electrons. The van der Waals surface area contributed by atoms with E-state index >= 15 is 0 Å². The highest BCUT2D eigenvalue weighted by Gasteiger charge is 2.18. The Morgan fingerprint density at radius 2 is 2.11 bits per heavy atom. The van der Waals surface area contributed by atoms with Crippen LogP contribution in [0.1, 0.15) is 21.7 Å². The number of furan rings is 1. The van der Waals surface area contributed by atoms with Gasteiger partial charge in [0, 0.05) is 17.1 Å². The molecular weight excluding hydrogens is 250 g/mol. The van der Waals surface area contributed by atoms with Gasteiger partial charge in [-0.3, -0.25) is 4.79 Å². The van der Waals surface area contributed by atoms with E-state index in [9.17, 15) is 4.79 Å². The van der Waals surface area contributed by atoms with Gasteiger partial charge in [-0.05, 0) is 19.1 Å². The summed E-state index contributed by atoms with van der Waals surface area (Å²) in [6.07, 6.45) is 3.20. The predicted octanol–water partition coefficient (Wildman–Crippen LogP) is 3.95. The summed E-state index contributed by atoms with van der Waals surface area (Å²) >= 11 is 6.07. The third-order valence-corrected chi connectivity index (χ3v) is 3.33. The molecule has 1 aromatic carbocycles. The number of rotatable bonds is 2. The van der Waals surface area contributed by atoms with E-state index in [4.69, 9.17) is 16.0 Å². The number of nitrogens with one attached hydrogen (secondary N) is 1. The normalized spacial score (nSPS) is 11.0. The number of hydrogen-bond acceptors (Lipinski definition) is 2. The Bertz CT molecular complexity index is 739. The van der Waals surface area contributed by atoms with E-state index < -0.39 is 0 Å². The standard InChI is InChI=1S/C14H10ClNO2/c1-8-9(5-6-18-8)14(17)11-7-16-13-10(11)3-2-4-12(13)15/h2-7,16H,1H3. The summed E-state index contributed by atoms with van der Waals surface area (Å²) in [5, 5.41) is 1.43. The van der Waals surface area contributed by atoms with E-state index in [1.807, 2.05) is 12.1 Å². The van der Waals surface area contributed by atoms with Crippen LogP contribution in [0.15, 0.2) is 41.1 Å². The Labute approximate surface area is 108 Å². The molecule has 0 unspecified atom stereocenters. The van der Waals surface area contributed by atoms with Gasteiger partial charge >= 0.3 is 0 Å². The van der Waals surface area contributed by atoms with E-state index in [1.165, 1.54) is 6.26 Å². The van der Waals surface area contributed by atoms with Gasteiger partial charge in [-0.1, -0.05) is 23.7 Å². The highest BCUT2D eigenvalue weighted by molar-refractivity contribution is 6.35. The number of carbonyl (C=O) groups excluding carboxylic acids is 1. The highest BCUT2D eigenvalue weighted by atomic mass is 35.5. The Hall–Kier alpha value is -2.00. The Balaban J connectivity index is 2.19. The number of ketones is 1. The summed E-state index contributed by atoms with van der Waals surface area (Å²) in [6.45, 7) is 1.77. The average Bonchev–Trinajstić information content (AvgIpc) is 2.95. The lowest BCUT2D eigenvalue weighted by Crippen LogP contribution is -2.00. The van der Waals surface area contributed by atoms with E-state index in [-0.39, 0.29) is 5.78 Å². The molecule has 0 fully saturated rings. The number of benzene rings is 1. The first-order valence-electron chi connectivity index (χ1n) is 5.53. The minimum absolute atomic E-state index is 0.0604. The summed E-state index contributed by atoms with van der Waals surface area (Å²) in [5.41, 5.74) is 1.97. The van der Waals surface area contributed by atoms with E-state index in [2.05, 4.69) is 4.98 Å². The number of aromatic amines is 1. The SMILES string of the molecule is Cc1occc1C(=O)c1c[nH]c2c(Cl)cccc12. The van der Waals surface area contributed by atoms with Crippen molar-refractivity contribution in [2.45, 2.75) is 6.92 Å². The van der Waals surface area contributed by atoms with Crippen LogP contribution in [0.4, 0.5) is 0 Å². The van der Waals surface area contributed by atoms with Crippen molar-refractivity contribution in [3.8, 4) is 0 Å². The lowest BCUT2D eigenvalue weighted by Gasteiger charge is -1.98. The number of para-hydroxylation sites is 1. The monoisotopic (exact) mass is 259 g/mol. The summed E-state index contributed by atoms with van der Waals surface area (Å²) in [6, 6.07) is 7.18. The van der Waals surface area contributed by atoms with Gasteiger partial charge in [0.1, 0.15) is 5.76 Å². The van der Waals surface area contributed by atoms with Crippen LogP contribution in [0.5, 0.6) is 0 Å². The van der Waals surface area contributed by atoms with Crippen molar-refractivity contribution < 1.29 is 9.21 Å². The van der Waals surface area contributed by atoms with Gasteiger partial charge in [-0.25, -0.2) is 0 Å². The maximum absolute atomic E-state index is 12.4. The van der Waals surface area contributed by atoms with Crippen LogP contribution in [-0.4, -0.2) is 10.8 Å². The first kappa shape index (κ1) is 11.1. The first-order valence-corrected chi connectivity index (χ1v) is 5.90. The van der Waals surface area contributed by atoms with Crippen molar-refractivity contribution in [3.05, 3.63) is 58.6 Å². The maximum Gasteiger partial charge on any atom is 0.198 e. The number of H-pyrrole nitrogens is 1. The van der Waals surface area contributed by atoms with Crippen molar-refractivity contribution in [2.75, 3.05) is 0 Å². The van der Waals surface area contributed by atoms with E-state index in [1.54, 1.807) is 25.3 Å². The molecule has 2 heterocycles. The molecule has 3 rings (SSSR count). The Kier molecular flexibility index (Phi) is 2.49. The molecule has 3 nitrogen and oxygen atoms in total. The quantitative estimate of drug-likeness (QED) is 0.708. The predicted molar refractivity (Wildman–Crippen MR) is 70.2 cm³/mol. The molecular formula is C14H10ClNO2. The smallest absolute Gasteiger partial charge is 0.198 e. The summed E-state index contributed by atoms with van der Waals surface area (Å²) in [4.78, 5) is 15.4. The zero-order chi connectivity index (χ0) is 12.7. The van der Waals surface area contributed by atoms with E-state index in [0.29, 0.717) is 21.9 Å². The number of hydrogen-bond donors (Lipinski definition) is 1. The van der Waals surface area contributed by atoms with Gasteiger partial charge in [0.05, 0.1) is 22.4 Å². The molecule has 2 aromatic heterocycles. The lowest BCUT2D eigenvalue weighted by molar-refractivity contribution is 0.103. The number of fused-ring (bicyclic) bond motifs is 1. The van der Waals surface area contributed by atoms with Crippen molar-refractivity contribution in [1.29, 1.82) is 0 Å². The molecule has 0 aliphatic carbocycles. The molecule has 1 N–H and O–H groups in total. The molecule has 0 saturated carbocycles. The number of aryl methyl sites for hydroxylation is 1. The second-order valence-corrected chi connectivity index (χ2v) is 4.49. The number of carbonyl (C=O) groups is 1. The van der Waals surface area contributed by atoms with Crippen LogP contribution in [-0.2, 0) is 0 Å².